The molecular formula is C13H25N3O3. The molecule has 1 aliphatic rings. The standard InChI is InChI=1S/C13H25N3O3/c1-13(2,3)10(11(17)18)15-12(19)14-9-5-7-16(4)8-6-9/h9-10H,5-8H2,1-4H3,(H,17,18)(H2,14,15,19). The van der Waals surface area contributed by atoms with Crippen LogP contribution in [0, 0.1) is 5.41 Å². The summed E-state index contributed by atoms with van der Waals surface area (Å²) in [5, 5.41) is 14.6. The summed E-state index contributed by atoms with van der Waals surface area (Å²) in [6, 6.07) is -1.15. The van der Waals surface area contributed by atoms with E-state index in [9.17, 15) is 9.59 Å². The second-order valence-corrected chi connectivity index (χ2v) is 6.33. The van der Waals surface area contributed by atoms with Crippen LogP contribution in [0.5, 0.6) is 0 Å². The van der Waals surface area contributed by atoms with E-state index in [1.165, 1.54) is 0 Å². The van der Waals surface area contributed by atoms with Crippen molar-refractivity contribution in [3.05, 3.63) is 0 Å². The average Bonchev–Trinajstić information content (AvgIpc) is 2.27. The molecule has 6 nitrogen and oxygen atoms in total. The smallest absolute Gasteiger partial charge is 0.326 e. The van der Waals surface area contributed by atoms with Crippen molar-refractivity contribution in [2.24, 2.45) is 5.41 Å². The maximum atomic E-state index is 11.9. The van der Waals surface area contributed by atoms with E-state index in [-0.39, 0.29) is 6.04 Å². The lowest BCUT2D eigenvalue weighted by Gasteiger charge is -2.31. The van der Waals surface area contributed by atoms with Gasteiger partial charge in [-0.15, -0.1) is 0 Å². The molecule has 1 fully saturated rings. The van der Waals surface area contributed by atoms with Crippen LogP contribution in [-0.2, 0) is 4.79 Å². The van der Waals surface area contributed by atoms with Crippen molar-refractivity contribution < 1.29 is 14.7 Å². The van der Waals surface area contributed by atoms with Crippen LogP contribution in [-0.4, -0.2) is 54.2 Å². The van der Waals surface area contributed by atoms with Gasteiger partial charge in [0.1, 0.15) is 6.04 Å². The molecule has 0 bridgehead atoms. The zero-order valence-electron chi connectivity index (χ0n) is 12.2. The number of aliphatic carboxylic acids is 1. The fraction of sp³-hybridized carbons (Fsp3) is 0.846. The number of carbonyl (C=O) groups excluding carboxylic acids is 1. The van der Waals surface area contributed by atoms with Crippen LogP contribution in [0.2, 0.25) is 0 Å². The summed E-state index contributed by atoms with van der Waals surface area (Å²) in [5.41, 5.74) is -0.518. The Morgan fingerprint density at radius 3 is 2.21 bits per heavy atom. The minimum Gasteiger partial charge on any atom is -0.480 e. The quantitative estimate of drug-likeness (QED) is 0.711. The molecule has 3 N–H and O–H groups in total. The van der Waals surface area contributed by atoms with E-state index in [1.807, 2.05) is 0 Å². The first-order chi connectivity index (χ1) is 8.70. The third-order valence-electron chi connectivity index (χ3n) is 3.44. The number of piperidine rings is 1. The molecule has 0 radical (unpaired) electrons. The van der Waals surface area contributed by atoms with Crippen LogP contribution in [0.4, 0.5) is 4.79 Å². The number of nitrogens with one attached hydrogen (secondary N) is 2. The predicted octanol–water partition coefficient (Wildman–Crippen LogP) is 0.879. The number of nitrogens with zero attached hydrogens (tertiary/aromatic N) is 1. The van der Waals surface area contributed by atoms with Gasteiger partial charge in [-0.05, 0) is 38.4 Å². The molecule has 0 spiro atoms. The summed E-state index contributed by atoms with van der Waals surface area (Å²) < 4.78 is 0. The first-order valence-electron chi connectivity index (χ1n) is 6.68. The van der Waals surface area contributed by atoms with Crippen molar-refractivity contribution >= 4 is 12.0 Å². The van der Waals surface area contributed by atoms with Crippen LogP contribution in [0.25, 0.3) is 0 Å². The first kappa shape index (κ1) is 15.8. The van der Waals surface area contributed by atoms with E-state index in [2.05, 4.69) is 22.6 Å². The zero-order chi connectivity index (χ0) is 14.6. The molecule has 1 unspecified atom stereocenters. The molecule has 1 saturated heterocycles. The van der Waals surface area contributed by atoms with Gasteiger partial charge in [0.2, 0.25) is 0 Å². The number of urea groups is 1. The summed E-state index contributed by atoms with van der Waals surface area (Å²) in [5.74, 6) is -1.01. The van der Waals surface area contributed by atoms with Gasteiger partial charge < -0.3 is 20.6 Å². The van der Waals surface area contributed by atoms with Gasteiger partial charge in [-0.2, -0.15) is 0 Å². The van der Waals surface area contributed by atoms with E-state index in [1.54, 1.807) is 20.8 Å². The molecule has 0 saturated carbocycles. The van der Waals surface area contributed by atoms with Crippen molar-refractivity contribution in [1.29, 1.82) is 0 Å². The lowest BCUT2D eigenvalue weighted by molar-refractivity contribution is -0.141. The molecule has 0 aromatic heterocycles. The van der Waals surface area contributed by atoms with Crippen LogP contribution in [0.1, 0.15) is 33.6 Å². The number of carbonyl (C=O) groups is 2. The summed E-state index contributed by atoms with van der Waals surface area (Å²) in [6.45, 7) is 7.28. The molecule has 6 heteroatoms. The number of carboxylic acids is 1. The van der Waals surface area contributed by atoms with Crippen LogP contribution < -0.4 is 10.6 Å². The maximum absolute atomic E-state index is 11.9. The van der Waals surface area contributed by atoms with Gasteiger partial charge in [-0.3, -0.25) is 0 Å². The Kier molecular flexibility index (Phi) is 5.17. The molecule has 110 valence electrons. The number of rotatable bonds is 3. The van der Waals surface area contributed by atoms with Crippen molar-refractivity contribution in [2.75, 3.05) is 20.1 Å². The van der Waals surface area contributed by atoms with Gasteiger partial charge in [0.05, 0.1) is 0 Å². The Bertz CT molecular complexity index is 331. The molecule has 0 aromatic rings. The topological polar surface area (TPSA) is 81.7 Å². The van der Waals surface area contributed by atoms with E-state index in [4.69, 9.17) is 5.11 Å². The third-order valence-corrected chi connectivity index (χ3v) is 3.44. The van der Waals surface area contributed by atoms with E-state index >= 15 is 0 Å². The average molecular weight is 271 g/mol. The van der Waals surface area contributed by atoms with Crippen molar-refractivity contribution in [3.63, 3.8) is 0 Å². The van der Waals surface area contributed by atoms with Gasteiger partial charge >= 0.3 is 12.0 Å². The molecule has 1 heterocycles. The first-order valence-corrected chi connectivity index (χ1v) is 6.68. The van der Waals surface area contributed by atoms with Gasteiger partial charge in [-0.25, -0.2) is 9.59 Å². The Hall–Kier alpha value is -1.30. The summed E-state index contributed by atoms with van der Waals surface area (Å²) in [4.78, 5) is 25.2. The van der Waals surface area contributed by atoms with E-state index < -0.39 is 23.5 Å². The molecule has 0 aromatic carbocycles. The molecular weight excluding hydrogens is 246 g/mol. The normalized spacial score (nSPS) is 19.8. The van der Waals surface area contributed by atoms with Crippen LogP contribution in [0.15, 0.2) is 0 Å². The lowest BCUT2D eigenvalue weighted by Crippen LogP contribution is -2.55. The fourth-order valence-corrected chi connectivity index (χ4v) is 2.16. The van der Waals surface area contributed by atoms with Gasteiger partial charge in [0.25, 0.3) is 0 Å². The number of likely N-dealkylation sites (tertiary alicyclic amines) is 1. The number of hydrogen-bond donors (Lipinski definition) is 3. The highest BCUT2D eigenvalue weighted by Crippen LogP contribution is 2.19. The monoisotopic (exact) mass is 271 g/mol. The minimum absolute atomic E-state index is 0.130. The second kappa shape index (κ2) is 6.23. The Morgan fingerprint density at radius 1 is 1.26 bits per heavy atom. The number of carboxylic acid groups (broad SMARTS) is 1. The van der Waals surface area contributed by atoms with Crippen LogP contribution in [0.3, 0.4) is 0 Å². The highest BCUT2D eigenvalue weighted by molar-refractivity contribution is 5.83. The second-order valence-electron chi connectivity index (χ2n) is 6.33. The summed E-state index contributed by atoms with van der Waals surface area (Å²) in [6.07, 6.45) is 1.80. The van der Waals surface area contributed by atoms with E-state index in [0.717, 1.165) is 25.9 Å². The van der Waals surface area contributed by atoms with Crippen molar-refractivity contribution in [1.82, 2.24) is 15.5 Å². The summed E-state index contributed by atoms with van der Waals surface area (Å²) >= 11 is 0. The minimum atomic E-state index is -1.01. The van der Waals surface area contributed by atoms with Gasteiger partial charge in [0, 0.05) is 6.04 Å². The molecule has 2 amide bonds. The fourth-order valence-electron chi connectivity index (χ4n) is 2.16. The Balaban J connectivity index is 2.47. The molecule has 1 rings (SSSR count). The highest BCUT2D eigenvalue weighted by atomic mass is 16.4. The Morgan fingerprint density at radius 2 is 1.79 bits per heavy atom. The van der Waals surface area contributed by atoms with Gasteiger partial charge in [-0.1, -0.05) is 20.8 Å². The van der Waals surface area contributed by atoms with Gasteiger partial charge in [0.15, 0.2) is 0 Å². The third kappa shape index (κ3) is 5.06. The predicted molar refractivity (Wildman–Crippen MR) is 73.1 cm³/mol. The SMILES string of the molecule is CN1CCC(NC(=O)NC(C(=O)O)C(C)(C)C)CC1. The molecule has 1 aliphatic heterocycles. The highest BCUT2D eigenvalue weighted by Gasteiger charge is 2.33. The molecule has 1 atom stereocenters. The lowest BCUT2D eigenvalue weighted by atomic mass is 9.87. The largest absolute Gasteiger partial charge is 0.480 e. The number of amides is 2. The molecule has 0 aliphatic carbocycles. The summed E-state index contributed by atoms with van der Waals surface area (Å²) in [7, 11) is 2.05. The Labute approximate surface area is 114 Å². The van der Waals surface area contributed by atoms with Crippen molar-refractivity contribution in [3.8, 4) is 0 Å². The van der Waals surface area contributed by atoms with Crippen LogP contribution >= 0.6 is 0 Å². The zero-order valence-corrected chi connectivity index (χ0v) is 12.2. The number of hydrogen-bond acceptors (Lipinski definition) is 3. The maximum Gasteiger partial charge on any atom is 0.326 e. The van der Waals surface area contributed by atoms with E-state index in [0.29, 0.717) is 0 Å². The molecule has 19 heavy (non-hydrogen) atoms. The van der Waals surface area contributed by atoms with Crippen molar-refractivity contribution in [2.45, 2.75) is 45.7 Å².